The number of rotatable bonds is 2. The summed E-state index contributed by atoms with van der Waals surface area (Å²) in [6.45, 7) is 3.64. The number of fused-ring (bicyclic) bond motifs is 3. The summed E-state index contributed by atoms with van der Waals surface area (Å²) in [7, 11) is 1.46. The SMILES string of the molecule is COc1cc2c(cc1[N+](=O)[O-])COC[C@H]1CNCCN21. The fourth-order valence-electron chi connectivity index (χ4n) is 2.82. The van der Waals surface area contributed by atoms with Crippen LogP contribution in [0.15, 0.2) is 12.1 Å². The van der Waals surface area contributed by atoms with E-state index >= 15 is 0 Å². The van der Waals surface area contributed by atoms with Crippen LogP contribution in [-0.4, -0.2) is 44.3 Å². The summed E-state index contributed by atoms with van der Waals surface area (Å²) in [5, 5.41) is 14.4. The third-order valence-corrected chi connectivity index (χ3v) is 3.80. The van der Waals surface area contributed by atoms with Gasteiger partial charge in [-0.1, -0.05) is 0 Å². The Bertz CT molecular complexity index is 535. The number of benzene rings is 1. The minimum Gasteiger partial charge on any atom is -0.490 e. The van der Waals surface area contributed by atoms with Crippen molar-refractivity contribution in [3.8, 4) is 5.75 Å². The predicted molar refractivity (Wildman–Crippen MR) is 73.3 cm³/mol. The quantitative estimate of drug-likeness (QED) is 0.640. The van der Waals surface area contributed by atoms with E-state index in [1.165, 1.54) is 7.11 Å². The van der Waals surface area contributed by atoms with Crippen molar-refractivity contribution >= 4 is 11.4 Å². The van der Waals surface area contributed by atoms with Gasteiger partial charge in [-0.3, -0.25) is 10.1 Å². The lowest BCUT2D eigenvalue weighted by atomic mass is 10.1. The highest BCUT2D eigenvalue weighted by molar-refractivity contribution is 5.65. The third kappa shape index (κ3) is 2.19. The molecular formula is C13H17N3O4. The monoisotopic (exact) mass is 279 g/mol. The van der Waals surface area contributed by atoms with Crippen molar-refractivity contribution in [2.45, 2.75) is 12.6 Å². The van der Waals surface area contributed by atoms with Gasteiger partial charge in [0.1, 0.15) is 0 Å². The Labute approximate surface area is 116 Å². The average Bonchev–Trinajstić information content (AvgIpc) is 2.64. The summed E-state index contributed by atoms with van der Waals surface area (Å²) in [6.07, 6.45) is 0. The number of hydrogen-bond donors (Lipinski definition) is 1. The maximum Gasteiger partial charge on any atom is 0.311 e. The molecule has 20 heavy (non-hydrogen) atoms. The topological polar surface area (TPSA) is 76.9 Å². The molecule has 0 radical (unpaired) electrons. The first kappa shape index (κ1) is 13.1. The molecule has 2 aliphatic rings. The molecule has 2 aliphatic heterocycles. The van der Waals surface area contributed by atoms with Gasteiger partial charge in [0, 0.05) is 43.0 Å². The molecule has 3 rings (SSSR count). The fraction of sp³-hybridized carbons (Fsp3) is 0.538. The molecule has 1 N–H and O–H groups in total. The van der Waals surface area contributed by atoms with Gasteiger partial charge in [0.25, 0.3) is 0 Å². The summed E-state index contributed by atoms with van der Waals surface area (Å²) in [5.41, 5.74) is 1.82. The van der Waals surface area contributed by atoms with Crippen molar-refractivity contribution in [3.05, 3.63) is 27.8 Å². The van der Waals surface area contributed by atoms with E-state index in [1.54, 1.807) is 12.1 Å². The Balaban J connectivity index is 2.08. The Morgan fingerprint density at radius 1 is 1.55 bits per heavy atom. The molecule has 1 saturated heterocycles. The maximum absolute atomic E-state index is 11.1. The molecule has 1 aromatic rings. The minimum atomic E-state index is -0.417. The number of ether oxygens (including phenoxy) is 2. The van der Waals surface area contributed by atoms with Crippen molar-refractivity contribution in [1.29, 1.82) is 0 Å². The number of nitro groups is 1. The number of methoxy groups -OCH3 is 1. The number of hydrogen-bond acceptors (Lipinski definition) is 6. The van der Waals surface area contributed by atoms with Crippen LogP contribution in [0.2, 0.25) is 0 Å². The summed E-state index contributed by atoms with van der Waals surface area (Å²) < 4.78 is 10.8. The minimum absolute atomic E-state index is 0.0107. The fourth-order valence-corrected chi connectivity index (χ4v) is 2.82. The molecule has 1 aromatic carbocycles. The number of piperazine rings is 1. The Hall–Kier alpha value is -1.86. The molecule has 1 atom stereocenters. The van der Waals surface area contributed by atoms with E-state index in [9.17, 15) is 10.1 Å². The van der Waals surface area contributed by atoms with Crippen molar-refractivity contribution < 1.29 is 14.4 Å². The lowest BCUT2D eigenvalue weighted by Crippen LogP contribution is -2.53. The van der Waals surface area contributed by atoms with Crippen LogP contribution in [0.25, 0.3) is 0 Å². The van der Waals surface area contributed by atoms with Gasteiger partial charge in [-0.15, -0.1) is 0 Å². The highest BCUT2D eigenvalue weighted by atomic mass is 16.6. The van der Waals surface area contributed by atoms with Crippen molar-refractivity contribution in [1.82, 2.24) is 5.32 Å². The first-order valence-corrected chi connectivity index (χ1v) is 6.61. The zero-order chi connectivity index (χ0) is 14.1. The van der Waals surface area contributed by atoms with Crippen molar-refractivity contribution in [2.24, 2.45) is 0 Å². The first-order valence-electron chi connectivity index (χ1n) is 6.61. The smallest absolute Gasteiger partial charge is 0.311 e. The highest BCUT2D eigenvalue weighted by Crippen LogP contribution is 2.37. The van der Waals surface area contributed by atoms with Crippen molar-refractivity contribution in [2.75, 3.05) is 38.3 Å². The molecule has 0 spiro atoms. The molecule has 0 bridgehead atoms. The molecule has 1 fully saturated rings. The molecule has 2 heterocycles. The normalized spacial score (nSPS) is 21.6. The van der Waals surface area contributed by atoms with Gasteiger partial charge >= 0.3 is 5.69 Å². The standard InChI is InChI=1S/C13H17N3O4/c1-19-13-5-11-9(4-12(13)16(17)18)7-20-8-10-6-14-2-3-15(10)11/h4-5,10,14H,2-3,6-8H2,1H3/t10-/m1/s1. The van der Waals surface area contributed by atoms with Gasteiger partial charge in [-0.05, 0) is 0 Å². The Kier molecular flexibility index (Phi) is 3.45. The molecular weight excluding hydrogens is 262 g/mol. The molecule has 0 aliphatic carbocycles. The predicted octanol–water partition coefficient (Wildman–Crippen LogP) is 0.912. The lowest BCUT2D eigenvalue weighted by molar-refractivity contribution is -0.385. The number of anilines is 1. The summed E-state index contributed by atoms with van der Waals surface area (Å²) in [4.78, 5) is 12.9. The number of nitro benzene ring substituents is 1. The summed E-state index contributed by atoms with van der Waals surface area (Å²) >= 11 is 0. The summed E-state index contributed by atoms with van der Waals surface area (Å²) in [5.74, 6) is 0.299. The van der Waals surface area contributed by atoms with Crippen molar-refractivity contribution in [3.63, 3.8) is 0 Å². The van der Waals surface area contributed by atoms with E-state index < -0.39 is 4.92 Å². The van der Waals surface area contributed by atoms with Crippen LogP contribution in [0.1, 0.15) is 5.56 Å². The van der Waals surface area contributed by atoms with Gasteiger partial charge in [0.05, 0.1) is 31.3 Å². The van der Waals surface area contributed by atoms with E-state index in [1.807, 2.05) is 0 Å². The maximum atomic E-state index is 11.1. The van der Waals surface area contributed by atoms with Crippen LogP contribution >= 0.6 is 0 Å². The molecule has 0 amide bonds. The Morgan fingerprint density at radius 3 is 3.15 bits per heavy atom. The largest absolute Gasteiger partial charge is 0.490 e. The van der Waals surface area contributed by atoms with Gasteiger partial charge < -0.3 is 19.7 Å². The number of nitrogens with one attached hydrogen (secondary N) is 1. The highest BCUT2D eigenvalue weighted by Gasteiger charge is 2.30. The third-order valence-electron chi connectivity index (χ3n) is 3.80. The van der Waals surface area contributed by atoms with Crippen LogP contribution in [0.3, 0.4) is 0 Å². The van der Waals surface area contributed by atoms with Gasteiger partial charge in [0.15, 0.2) is 5.75 Å². The second-order valence-corrected chi connectivity index (χ2v) is 4.98. The van der Waals surface area contributed by atoms with Gasteiger partial charge in [-0.25, -0.2) is 0 Å². The molecule has 0 unspecified atom stereocenters. The molecule has 7 nitrogen and oxygen atoms in total. The van der Waals surface area contributed by atoms with Crippen LogP contribution in [0.5, 0.6) is 5.75 Å². The molecule has 7 heteroatoms. The molecule has 108 valence electrons. The van der Waals surface area contributed by atoms with Crippen LogP contribution in [0.4, 0.5) is 11.4 Å². The Morgan fingerprint density at radius 2 is 2.40 bits per heavy atom. The number of nitrogens with zero attached hydrogens (tertiary/aromatic N) is 2. The van der Waals surface area contributed by atoms with Crippen LogP contribution < -0.4 is 15.0 Å². The van der Waals surface area contributed by atoms with Crippen LogP contribution in [-0.2, 0) is 11.3 Å². The van der Waals surface area contributed by atoms with E-state index in [-0.39, 0.29) is 11.7 Å². The second kappa shape index (κ2) is 5.26. The van der Waals surface area contributed by atoms with Crippen LogP contribution in [0, 0.1) is 10.1 Å². The van der Waals surface area contributed by atoms with E-state index in [0.29, 0.717) is 19.0 Å². The molecule has 0 saturated carbocycles. The summed E-state index contributed by atoms with van der Waals surface area (Å²) in [6, 6.07) is 3.59. The van der Waals surface area contributed by atoms with E-state index in [4.69, 9.17) is 9.47 Å². The van der Waals surface area contributed by atoms with E-state index in [0.717, 1.165) is 30.9 Å². The van der Waals surface area contributed by atoms with Gasteiger partial charge in [0.2, 0.25) is 0 Å². The second-order valence-electron chi connectivity index (χ2n) is 4.98. The zero-order valence-corrected chi connectivity index (χ0v) is 11.3. The van der Waals surface area contributed by atoms with Gasteiger partial charge in [-0.2, -0.15) is 0 Å². The molecule has 0 aromatic heterocycles. The first-order chi connectivity index (χ1) is 9.70. The zero-order valence-electron chi connectivity index (χ0n) is 11.3. The average molecular weight is 279 g/mol. The van der Waals surface area contributed by atoms with E-state index in [2.05, 4.69) is 10.2 Å². The lowest BCUT2D eigenvalue weighted by Gasteiger charge is -2.36.